The summed E-state index contributed by atoms with van der Waals surface area (Å²) in [5, 5.41) is 4.37. The Kier molecular flexibility index (Phi) is 5.64. The molecule has 7 heteroatoms. The zero-order valence-electron chi connectivity index (χ0n) is 12.9. The SMILES string of the molecule is O=C(C[C@H]1CNCCO1)N1CCN(c2ccc(Cl)c(Cl)c2)CC1. The number of amides is 1. The van der Waals surface area contributed by atoms with Crippen LogP contribution in [0.15, 0.2) is 18.2 Å². The van der Waals surface area contributed by atoms with Gasteiger partial charge in [-0.3, -0.25) is 4.79 Å². The minimum atomic E-state index is 0.00403. The van der Waals surface area contributed by atoms with Crippen molar-refractivity contribution in [2.45, 2.75) is 12.5 Å². The van der Waals surface area contributed by atoms with Gasteiger partial charge >= 0.3 is 0 Å². The molecule has 1 amide bonds. The molecule has 2 aliphatic heterocycles. The van der Waals surface area contributed by atoms with Crippen LogP contribution in [0.5, 0.6) is 0 Å². The number of piperazine rings is 1. The van der Waals surface area contributed by atoms with E-state index in [0.717, 1.165) is 45.0 Å². The quantitative estimate of drug-likeness (QED) is 0.898. The molecule has 2 fully saturated rings. The van der Waals surface area contributed by atoms with E-state index in [9.17, 15) is 4.79 Å². The summed E-state index contributed by atoms with van der Waals surface area (Å²) < 4.78 is 5.61. The molecule has 1 aromatic carbocycles. The van der Waals surface area contributed by atoms with E-state index in [1.54, 1.807) is 0 Å². The predicted octanol–water partition coefficient (Wildman–Crippen LogP) is 2.02. The summed E-state index contributed by atoms with van der Waals surface area (Å²) in [4.78, 5) is 16.5. The molecule has 5 nitrogen and oxygen atoms in total. The second kappa shape index (κ2) is 7.71. The summed E-state index contributed by atoms with van der Waals surface area (Å²) in [5.74, 6) is 0.174. The van der Waals surface area contributed by atoms with Crippen LogP contribution in [0.3, 0.4) is 0 Å². The van der Waals surface area contributed by atoms with Gasteiger partial charge in [-0.2, -0.15) is 0 Å². The Balaban J connectivity index is 1.51. The van der Waals surface area contributed by atoms with Crippen LogP contribution in [0.1, 0.15) is 6.42 Å². The van der Waals surface area contributed by atoms with Gasteiger partial charge in [0.25, 0.3) is 0 Å². The number of hydrogen-bond donors (Lipinski definition) is 1. The average Bonchev–Trinajstić information content (AvgIpc) is 2.58. The van der Waals surface area contributed by atoms with Crippen molar-refractivity contribution in [1.82, 2.24) is 10.2 Å². The fourth-order valence-electron chi connectivity index (χ4n) is 2.97. The summed E-state index contributed by atoms with van der Waals surface area (Å²) in [6.45, 7) is 5.35. The molecular formula is C16H21Cl2N3O2. The van der Waals surface area contributed by atoms with Crippen LogP contribution in [0.25, 0.3) is 0 Å². The second-order valence-corrected chi connectivity index (χ2v) is 6.68. The maximum atomic E-state index is 12.4. The van der Waals surface area contributed by atoms with Gasteiger partial charge in [-0.05, 0) is 18.2 Å². The van der Waals surface area contributed by atoms with E-state index in [-0.39, 0.29) is 12.0 Å². The minimum absolute atomic E-state index is 0.00403. The van der Waals surface area contributed by atoms with Crippen molar-refractivity contribution in [1.29, 1.82) is 0 Å². The largest absolute Gasteiger partial charge is 0.375 e. The minimum Gasteiger partial charge on any atom is -0.375 e. The van der Waals surface area contributed by atoms with Crippen molar-refractivity contribution in [3.63, 3.8) is 0 Å². The van der Waals surface area contributed by atoms with E-state index in [4.69, 9.17) is 27.9 Å². The first-order valence-electron chi connectivity index (χ1n) is 7.93. The lowest BCUT2D eigenvalue weighted by atomic mass is 10.2. The summed E-state index contributed by atoms with van der Waals surface area (Å²) in [5.41, 5.74) is 1.05. The zero-order chi connectivity index (χ0) is 16.2. The van der Waals surface area contributed by atoms with Gasteiger partial charge in [0, 0.05) is 45.0 Å². The van der Waals surface area contributed by atoms with E-state index >= 15 is 0 Å². The van der Waals surface area contributed by atoms with Crippen LogP contribution in [0.2, 0.25) is 10.0 Å². The van der Waals surface area contributed by atoms with Crippen LogP contribution < -0.4 is 10.2 Å². The maximum absolute atomic E-state index is 12.4. The molecule has 0 aromatic heterocycles. The number of hydrogen-bond acceptors (Lipinski definition) is 4. The van der Waals surface area contributed by atoms with Crippen LogP contribution >= 0.6 is 23.2 Å². The van der Waals surface area contributed by atoms with E-state index < -0.39 is 0 Å². The number of carbonyl (C=O) groups excluding carboxylic acids is 1. The van der Waals surface area contributed by atoms with E-state index in [2.05, 4.69) is 10.2 Å². The van der Waals surface area contributed by atoms with Gasteiger partial charge in [0.05, 0.1) is 29.2 Å². The number of ether oxygens (including phenoxy) is 1. The first-order valence-corrected chi connectivity index (χ1v) is 8.69. The molecule has 3 rings (SSSR count). The molecule has 2 saturated heterocycles. The number of benzene rings is 1. The van der Waals surface area contributed by atoms with Crippen molar-refractivity contribution >= 4 is 34.8 Å². The highest BCUT2D eigenvalue weighted by Crippen LogP contribution is 2.27. The van der Waals surface area contributed by atoms with Gasteiger partial charge in [0.1, 0.15) is 0 Å². The van der Waals surface area contributed by atoms with Crippen molar-refractivity contribution in [3.8, 4) is 0 Å². The van der Waals surface area contributed by atoms with Gasteiger partial charge in [-0.1, -0.05) is 23.2 Å². The lowest BCUT2D eigenvalue weighted by molar-refractivity contribution is -0.135. The van der Waals surface area contributed by atoms with Crippen LogP contribution in [0.4, 0.5) is 5.69 Å². The Morgan fingerprint density at radius 1 is 1.22 bits per heavy atom. The molecule has 0 aliphatic carbocycles. The Bertz CT molecular complexity index is 556. The fraction of sp³-hybridized carbons (Fsp3) is 0.562. The van der Waals surface area contributed by atoms with Gasteiger partial charge in [-0.25, -0.2) is 0 Å². The molecule has 126 valence electrons. The van der Waals surface area contributed by atoms with Gasteiger partial charge < -0.3 is 19.9 Å². The average molecular weight is 358 g/mol. The second-order valence-electron chi connectivity index (χ2n) is 5.87. The molecule has 1 N–H and O–H groups in total. The molecule has 0 bridgehead atoms. The fourth-order valence-corrected chi connectivity index (χ4v) is 3.26. The highest BCUT2D eigenvalue weighted by atomic mass is 35.5. The third-order valence-electron chi connectivity index (χ3n) is 4.31. The Morgan fingerprint density at radius 3 is 2.65 bits per heavy atom. The highest BCUT2D eigenvalue weighted by Gasteiger charge is 2.25. The molecular weight excluding hydrogens is 337 g/mol. The molecule has 2 heterocycles. The van der Waals surface area contributed by atoms with Crippen molar-refractivity contribution in [2.24, 2.45) is 0 Å². The standard InChI is InChI=1S/C16H21Cl2N3O2/c17-14-2-1-12(9-15(14)18)20-4-6-21(7-5-20)16(22)10-13-11-19-3-8-23-13/h1-2,9,13,19H,3-8,10-11H2/t13-/m0/s1. The van der Waals surface area contributed by atoms with E-state index in [1.807, 2.05) is 23.1 Å². The lowest BCUT2D eigenvalue weighted by Gasteiger charge is -2.37. The van der Waals surface area contributed by atoms with Crippen molar-refractivity contribution in [2.75, 3.05) is 50.8 Å². The number of anilines is 1. The monoisotopic (exact) mass is 357 g/mol. The molecule has 0 unspecified atom stereocenters. The first kappa shape index (κ1) is 16.8. The third kappa shape index (κ3) is 4.29. The Morgan fingerprint density at radius 2 is 2.00 bits per heavy atom. The smallest absolute Gasteiger partial charge is 0.225 e. The molecule has 2 aliphatic rings. The Labute approximate surface area is 146 Å². The molecule has 1 atom stereocenters. The summed E-state index contributed by atoms with van der Waals surface area (Å²) in [6.07, 6.45) is 0.462. The van der Waals surface area contributed by atoms with Crippen LogP contribution in [0, 0.1) is 0 Å². The molecule has 1 aromatic rings. The number of rotatable bonds is 3. The molecule has 0 radical (unpaired) electrons. The van der Waals surface area contributed by atoms with Gasteiger partial charge in [0.15, 0.2) is 0 Å². The van der Waals surface area contributed by atoms with Gasteiger partial charge in [0.2, 0.25) is 5.91 Å². The number of nitrogens with one attached hydrogen (secondary N) is 1. The number of morpholine rings is 1. The lowest BCUT2D eigenvalue weighted by Crippen LogP contribution is -2.50. The Hall–Kier alpha value is -1.01. The van der Waals surface area contributed by atoms with Crippen molar-refractivity contribution in [3.05, 3.63) is 28.2 Å². The van der Waals surface area contributed by atoms with E-state index in [0.29, 0.717) is 23.1 Å². The summed E-state index contributed by atoms with van der Waals surface area (Å²) >= 11 is 12.0. The molecule has 0 spiro atoms. The molecule has 23 heavy (non-hydrogen) atoms. The normalized spacial score (nSPS) is 22.3. The number of carbonyl (C=O) groups is 1. The third-order valence-corrected chi connectivity index (χ3v) is 5.05. The number of nitrogens with zero attached hydrogens (tertiary/aromatic N) is 2. The predicted molar refractivity (Wildman–Crippen MR) is 92.5 cm³/mol. The summed E-state index contributed by atoms with van der Waals surface area (Å²) in [7, 11) is 0. The zero-order valence-corrected chi connectivity index (χ0v) is 14.4. The van der Waals surface area contributed by atoms with Crippen LogP contribution in [-0.4, -0.2) is 62.8 Å². The topological polar surface area (TPSA) is 44.8 Å². The first-order chi connectivity index (χ1) is 11.1. The number of halogens is 2. The van der Waals surface area contributed by atoms with E-state index in [1.165, 1.54) is 0 Å². The highest BCUT2D eigenvalue weighted by molar-refractivity contribution is 6.42. The van der Waals surface area contributed by atoms with Crippen LogP contribution in [-0.2, 0) is 9.53 Å². The maximum Gasteiger partial charge on any atom is 0.225 e. The van der Waals surface area contributed by atoms with Crippen molar-refractivity contribution < 1.29 is 9.53 Å². The molecule has 0 saturated carbocycles. The summed E-state index contributed by atoms with van der Waals surface area (Å²) in [6, 6.07) is 5.65. The van der Waals surface area contributed by atoms with Gasteiger partial charge in [-0.15, -0.1) is 0 Å².